The Bertz CT molecular complexity index is 249. The van der Waals surface area contributed by atoms with E-state index in [4.69, 9.17) is 5.73 Å². The molecule has 4 nitrogen and oxygen atoms in total. The highest BCUT2D eigenvalue weighted by Gasteiger charge is 2.20. The molecule has 0 fully saturated rings. The number of nitrogens with zero attached hydrogens (tertiary/aromatic N) is 1. The lowest BCUT2D eigenvalue weighted by atomic mass is 10.4. The molecule has 0 heterocycles. The Hall–Kier alpha value is -0.390. The summed E-state index contributed by atoms with van der Waals surface area (Å²) < 4.78 is 24.3. The molecule has 0 spiro atoms. The van der Waals surface area contributed by atoms with Gasteiger partial charge >= 0.3 is 0 Å². The highest BCUT2D eigenvalue weighted by molar-refractivity contribution is 7.89. The summed E-state index contributed by atoms with van der Waals surface area (Å²) in [5, 5.41) is 0. The van der Waals surface area contributed by atoms with Crippen LogP contribution >= 0.6 is 0 Å². The van der Waals surface area contributed by atoms with Gasteiger partial charge in [0, 0.05) is 19.6 Å². The molecule has 0 aliphatic rings. The van der Waals surface area contributed by atoms with Crippen LogP contribution in [0.25, 0.3) is 0 Å². The fourth-order valence-electron chi connectivity index (χ4n) is 0.799. The van der Waals surface area contributed by atoms with Gasteiger partial charge in [0.15, 0.2) is 0 Å². The molecule has 0 aromatic carbocycles. The summed E-state index contributed by atoms with van der Waals surface area (Å²) in [5.74, 6) is 0.108. The van der Waals surface area contributed by atoms with Gasteiger partial charge in [-0.2, -0.15) is 0 Å². The summed E-state index contributed by atoms with van der Waals surface area (Å²) in [7, 11) is -1.60. The van der Waals surface area contributed by atoms with Gasteiger partial charge in [0.25, 0.3) is 0 Å². The zero-order valence-corrected chi connectivity index (χ0v) is 9.05. The quantitative estimate of drug-likeness (QED) is 0.630. The third-order valence-electron chi connectivity index (χ3n) is 1.98. The van der Waals surface area contributed by atoms with E-state index in [0.29, 0.717) is 13.0 Å². The lowest BCUT2D eigenvalue weighted by Crippen LogP contribution is -2.40. The van der Waals surface area contributed by atoms with Gasteiger partial charge in [0.2, 0.25) is 10.0 Å². The Morgan fingerprint density at radius 1 is 1.62 bits per heavy atom. The van der Waals surface area contributed by atoms with Gasteiger partial charge in [-0.1, -0.05) is 6.08 Å². The molecular formula is C8H18N2O2S. The Labute approximate surface area is 80.5 Å². The number of likely N-dealkylation sites (N-methyl/N-ethyl adjacent to an activating group) is 1. The summed E-state index contributed by atoms with van der Waals surface area (Å²) in [6.07, 6.45) is 2.07. The number of rotatable bonds is 6. The van der Waals surface area contributed by atoms with Crippen molar-refractivity contribution in [2.45, 2.75) is 19.4 Å². The van der Waals surface area contributed by atoms with E-state index in [2.05, 4.69) is 6.58 Å². The first-order valence-electron chi connectivity index (χ1n) is 4.22. The van der Waals surface area contributed by atoms with Crippen molar-refractivity contribution in [1.82, 2.24) is 4.31 Å². The van der Waals surface area contributed by atoms with E-state index in [0.717, 1.165) is 0 Å². The SMILES string of the molecule is C=CCCS(=O)(=O)N(C)C(C)CN. The van der Waals surface area contributed by atoms with E-state index in [1.165, 1.54) is 4.31 Å². The fraction of sp³-hybridized carbons (Fsp3) is 0.750. The zero-order chi connectivity index (χ0) is 10.5. The number of sulfonamides is 1. The maximum Gasteiger partial charge on any atom is 0.214 e. The van der Waals surface area contributed by atoms with Crippen LogP contribution in [0.4, 0.5) is 0 Å². The van der Waals surface area contributed by atoms with Gasteiger partial charge in [0.05, 0.1) is 5.75 Å². The molecule has 1 unspecified atom stereocenters. The monoisotopic (exact) mass is 206 g/mol. The second-order valence-electron chi connectivity index (χ2n) is 2.99. The van der Waals surface area contributed by atoms with Crippen LogP contribution in [0.2, 0.25) is 0 Å². The molecule has 0 aliphatic carbocycles. The largest absolute Gasteiger partial charge is 0.329 e. The van der Waals surface area contributed by atoms with Crippen molar-refractivity contribution in [1.29, 1.82) is 0 Å². The normalized spacial score (nSPS) is 14.5. The minimum atomic E-state index is -3.15. The average molecular weight is 206 g/mol. The summed E-state index contributed by atoms with van der Waals surface area (Å²) in [6, 6.07) is -0.144. The molecule has 0 rings (SSSR count). The Morgan fingerprint density at radius 2 is 2.15 bits per heavy atom. The summed E-state index contributed by atoms with van der Waals surface area (Å²) in [6.45, 7) is 5.60. The molecule has 0 aromatic rings. The molecule has 0 radical (unpaired) electrons. The second-order valence-corrected chi connectivity index (χ2v) is 5.14. The highest BCUT2D eigenvalue weighted by Crippen LogP contribution is 2.04. The topological polar surface area (TPSA) is 63.4 Å². The number of hydrogen-bond donors (Lipinski definition) is 1. The van der Waals surface area contributed by atoms with Crippen LogP contribution in [0, 0.1) is 0 Å². The molecule has 1 atom stereocenters. The van der Waals surface area contributed by atoms with Crippen LogP contribution < -0.4 is 5.73 Å². The molecule has 5 heteroatoms. The van der Waals surface area contributed by atoms with Crippen LogP contribution in [0.5, 0.6) is 0 Å². The molecule has 0 bridgehead atoms. The molecular weight excluding hydrogens is 188 g/mol. The first kappa shape index (κ1) is 12.6. The van der Waals surface area contributed by atoms with Gasteiger partial charge in [-0.05, 0) is 13.3 Å². The Kier molecular flexibility index (Phi) is 5.20. The number of hydrogen-bond acceptors (Lipinski definition) is 3. The predicted octanol–water partition coefficient (Wildman–Crippen LogP) is 0.171. The van der Waals surface area contributed by atoms with E-state index in [1.54, 1.807) is 20.0 Å². The van der Waals surface area contributed by atoms with Crippen molar-refractivity contribution in [3.05, 3.63) is 12.7 Å². The van der Waals surface area contributed by atoms with Crippen molar-refractivity contribution in [2.75, 3.05) is 19.3 Å². The summed E-state index contributed by atoms with van der Waals surface area (Å²) >= 11 is 0. The zero-order valence-electron chi connectivity index (χ0n) is 8.23. The molecule has 13 heavy (non-hydrogen) atoms. The number of nitrogens with two attached hydrogens (primary N) is 1. The van der Waals surface area contributed by atoms with E-state index in [-0.39, 0.29) is 11.8 Å². The summed E-state index contributed by atoms with van der Waals surface area (Å²) in [5.41, 5.74) is 5.37. The fourth-order valence-corrected chi connectivity index (χ4v) is 2.19. The lowest BCUT2D eigenvalue weighted by molar-refractivity contribution is 0.394. The third-order valence-corrected chi connectivity index (χ3v) is 3.97. The van der Waals surface area contributed by atoms with E-state index >= 15 is 0 Å². The van der Waals surface area contributed by atoms with Gasteiger partial charge in [-0.3, -0.25) is 0 Å². The Morgan fingerprint density at radius 3 is 2.54 bits per heavy atom. The number of allylic oxidation sites excluding steroid dienone is 1. The van der Waals surface area contributed by atoms with Crippen molar-refractivity contribution in [2.24, 2.45) is 5.73 Å². The molecule has 0 amide bonds. The minimum Gasteiger partial charge on any atom is -0.329 e. The van der Waals surface area contributed by atoms with Gasteiger partial charge in [0.1, 0.15) is 0 Å². The molecule has 78 valence electrons. The van der Waals surface area contributed by atoms with Gasteiger partial charge in [-0.15, -0.1) is 6.58 Å². The van der Waals surface area contributed by atoms with Crippen LogP contribution in [-0.2, 0) is 10.0 Å². The standard InChI is InChI=1S/C8H18N2O2S/c1-4-5-6-13(11,12)10(3)8(2)7-9/h4,8H,1,5-7,9H2,2-3H3. The predicted molar refractivity (Wildman–Crippen MR) is 54.9 cm³/mol. The van der Waals surface area contributed by atoms with Crippen molar-refractivity contribution in [3.63, 3.8) is 0 Å². The maximum atomic E-state index is 11.5. The van der Waals surface area contributed by atoms with E-state index in [9.17, 15) is 8.42 Å². The van der Waals surface area contributed by atoms with Gasteiger partial charge < -0.3 is 5.73 Å². The highest BCUT2D eigenvalue weighted by atomic mass is 32.2. The Balaban J connectivity index is 4.35. The van der Waals surface area contributed by atoms with E-state index in [1.807, 2.05) is 0 Å². The van der Waals surface area contributed by atoms with Crippen molar-refractivity contribution < 1.29 is 8.42 Å². The van der Waals surface area contributed by atoms with Crippen LogP contribution in [0.3, 0.4) is 0 Å². The maximum absolute atomic E-state index is 11.5. The molecule has 0 saturated heterocycles. The molecule has 0 aromatic heterocycles. The smallest absolute Gasteiger partial charge is 0.214 e. The first-order valence-corrected chi connectivity index (χ1v) is 5.83. The van der Waals surface area contributed by atoms with Crippen molar-refractivity contribution in [3.8, 4) is 0 Å². The lowest BCUT2D eigenvalue weighted by Gasteiger charge is -2.22. The van der Waals surface area contributed by atoms with Crippen LogP contribution in [0.15, 0.2) is 12.7 Å². The average Bonchev–Trinajstić information content (AvgIpc) is 2.12. The first-order chi connectivity index (χ1) is 5.95. The van der Waals surface area contributed by atoms with Crippen LogP contribution in [-0.4, -0.2) is 38.1 Å². The third kappa shape index (κ3) is 3.89. The minimum absolute atomic E-state index is 0.108. The molecule has 0 aliphatic heterocycles. The van der Waals surface area contributed by atoms with Crippen LogP contribution in [0.1, 0.15) is 13.3 Å². The van der Waals surface area contributed by atoms with Crippen molar-refractivity contribution >= 4 is 10.0 Å². The molecule has 2 N–H and O–H groups in total. The summed E-state index contributed by atoms with van der Waals surface area (Å²) in [4.78, 5) is 0. The van der Waals surface area contributed by atoms with E-state index < -0.39 is 10.0 Å². The molecule has 0 saturated carbocycles. The van der Waals surface area contributed by atoms with Gasteiger partial charge in [-0.25, -0.2) is 12.7 Å². The second kappa shape index (κ2) is 5.36.